The van der Waals surface area contributed by atoms with Gasteiger partial charge in [0.05, 0.1) is 6.42 Å². The van der Waals surface area contributed by atoms with Gasteiger partial charge >= 0.3 is 12.3 Å². The van der Waals surface area contributed by atoms with Crippen molar-refractivity contribution in [2.24, 2.45) is 0 Å². The van der Waals surface area contributed by atoms with Crippen LogP contribution in [0.1, 0.15) is 31.2 Å². The van der Waals surface area contributed by atoms with Gasteiger partial charge in [-0.3, -0.25) is 9.59 Å². The van der Waals surface area contributed by atoms with Gasteiger partial charge in [-0.2, -0.15) is 0 Å². The Bertz CT molecular complexity index is 644. The quantitative estimate of drug-likeness (QED) is 0.740. The van der Waals surface area contributed by atoms with Crippen molar-refractivity contribution in [2.75, 3.05) is 19.8 Å². The minimum atomic E-state index is -4.81. The van der Waals surface area contributed by atoms with Crippen LogP contribution in [-0.4, -0.2) is 54.0 Å². The van der Waals surface area contributed by atoms with Gasteiger partial charge in [0.15, 0.2) is 0 Å². The highest BCUT2D eigenvalue weighted by Gasteiger charge is 2.32. The van der Waals surface area contributed by atoms with Gasteiger partial charge in [0.25, 0.3) is 0 Å². The topological polar surface area (TPSA) is 76.1 Å². The minimum Gasteiger partial charge on any atom is -0.481 e. The molecule has 0 radical (unpaired) electrons. The molecule has 0 bridgehead atoms. The summed E-state index contributed by atoms with van der Waals surface area (Å²) in [6.07, 6.45) is -3.74. The molecule has 6 nitrogen and oxygen atoms in total. The third-order valence-corrected chi connectivity index (χ3v) is 4.33. The van der Waals surface area contributed by atoms with E-state index in [1.165, 1.54) is 23.1 Å². The first-order valence-corrected chi connectivity index (χ1v) is 8.69. The highest BCUT2D eigenvalue weighted by Crippen LogP contribution is 2.27. The Kier molecular flexibility index (Phi) is 7.46. The minimum absolute atomic E-state index is 0.0325. The summed E-state index contributed by atoms with van der Waals surface area (Å²) in [4.78, 5) is 25.1. The number of hydrogen-bond acceptors (Lipinski definition) is 4. The molecule has 27 heavy (non-hydrogen) atoms. The molecular formula is C18H22F3NO5. The number of nitrogens with zero attached hydrogens (tertiary/aromatic N) is 1. The van der Waals surface area contributed by atoms with Crippen LogP contribution in [-0.2, 0) is 20.7 Å². The Labute approximate surface area is 154 Å². The van der Waals surface area contributed by atoms with Gasteiger partial charge in [0, 0.05) is 32.2 Å². The van der Waals surface area contributed by atoms with E-state index in [1.807, 2.05) is 0 Å². The number of carbonyl (C=O) groups is 2. The molecule has 1 aliphatic heterocycles. The lowest BCUT2D eigenvalue weighted by molar-refractivity contribution is -0.274. The van der Waals surface area contributed by atoms with Crippen molar-refractivity contribution in [2.45, 2.75) is 44.5 Å². The van der Waals surface area contributed by atoms with Crippen molar-refractivity contribution < 1.29 is 37.3 Å². The highest BCUT2D eigenvalue weighted by molar-refractivity contribution is 5.77. The Morgan fingerprint density at radius 1 is 1.19 bits per heavy atom. The summed E-state index contributed by atoms with van der Waals surface area (Å²) < 4.78 is 46.8. The number of carboxylic acid groups (broad SMARTS) is 1. The molecule has 1 fully saturated rings. The molecule has 0 unspecified atom stereocenters. The van der Waals surface area contributed by atoms with E-state index in [4.69, 9.17) is 9.84 Å². The standard InChI is InChI=1S/C18H22F3NO5/c19-18(20,21)27-15-4-2-1-3-13(15)5-6-16(23)22(10-7-17(24)25)14-8-11-26-12-9-14/h1-4,14H,5-12H2,(H,24,25). The number of alkyl halides is 3. The third-order valence-electron chi connectivity index (χ3n) is 4.33. The van der Waals surface area contributed by atoms with Crippen LogP contribution in [0.25, 0.3) is 0 Å². The molecule has 1 aromatic rings. The number of aliphatic carboxylic acids is 1. The van der Waals surface area contributed by atoms with Crippen LogP contribution in [0.15, 0.2) is 24.3 Å². The van der Waals surface area contributed by atoms with E-state index in [1.54, 1.807) is 6.07 Å². The van der Waals surface area contributed by atoms with Crippen LogP contribution in [0.2, 0.25) is 0 Å². The summed E-state index contributed by atoms with van der Waals surface area (Å²) >= 11 is 0. The lowest BCUT2D eigenvalue weighted by Gasteiger charge is -2.34. The Morgan fingerprint density at radius 2 is 1.85 bits per heavy atom. The lowest BCUT2D eigenvalue weighted by atomic mass is 10.0. The van der Waals surface area contributed by atoms with Crippen molar-refractivity contribution in [3.8, 4) is 5.75 Å². The smallest absolute Gasteiger partial charge is 0.481 e. The predicted molar refractivity (Wildman–Crippen MR) is 89.3 cm³/mol. The second kappa shape index (κ2) is 9.59. The van der Waals surface area contributed by atoms with Gasteiger partial charge in [0.2, 0.25) is 5.91 Å². The first-order valence-electron chi connectivity index (χ1n) is 8.69. The van der Waals surface area contributed by atoms with E-state index in [0.717, 1.165) is 0 Å². The Balaban J connectivity index is 2.03. The SMILES string of the molecule is O=C(O)CCN(C(=O)CCc1ccccc1OC(F)(F)F)C1CCOCC1. The molecule has 9 heteroatoms. The second-order valence-electron chi connectivity index (χ2n) is 6.23. The Hall–Kier alpha value is -2.29. The van der Waals surface area contributed by atoms with E-state index in [2.05, 4.69) is 4.74 Å². The average molecular weight is 389 g/mol. The zero-order valence-corrected chi connectivity index (χ0v) is 14.7. The van der Waals surface area contributed by atoms with Crippen molar-refractivity contribution in [1.29, 1.82) is 0 Å². The number of ether oxygens (including phenoxy) is 2. The number of aryl methyl sites for hydroxylation is 1. The van der Waals surface area contributed by atoms with Gasteiger partial charge in [-0.25, -0.2) is 0 Å². The summed E-state index contributed by atoms with van der Waals surface area (Å²) in [6.45, 7) is 1.05. The molecule has 0 spiro atoms. The van der Waals surface area contributed by atoms with Crippen molar-refractivity contribution >= 4 is 11.9 Å². The van der Waals surface area contributed by atoms with E-state index in [0.29, 0.717) is 26.1 Å². The van der Waals surface area contributed by atoms with Crippen LogP contribution >= 0.6 is 0 Å². The maximum absolute atomic E-state index is 12.7. The van der Waals surface area contributed by atoms with E-state index >= 15 is 0 Å². The van der Waals surface area contributed by atoms with E-state index in [9.17, 15) is 22.8 Å². The van der Waals surface area contributed by atoms with Crippen molar-refractivity contribution in [3.63, 3.8) is 0 Å². The van der Waals surface area contributed by atoms with Crippen molar-refractivity contribution in [1.82, 2.24) is 4.90 Å². The molecular weight excluding hydrogens is 367 g/mol. The van der Waals surface area contributed by atoms with Crippen LogP contribution in [0.4, 0.5) is 13.2 Å². The van der Waals surface area contributed by atoms with Gasteiger partial charge in [0.1, 0.15) is 5.75 Å². The van der Waals surface area contributed by atoms with Gasteiger partial charge in [-0.05, 0) is 30.9 Å². The van der Waals surface area contributed by atoms with Crippen LogP contribution in [0, 0.1) is 0 Å². The van der Waals surface area contributed by atoms with Gasteiger partial charge in [-0.1, -0.05) is 18.2 Å². The van der Waals surface area contributed by atoms with Gasteiger partial charge in [-0.15, -0.1) is 13.2 Å². The zero-order valence-electron chi connectivity index (χ0n) is 14.7. The number of rotatable bonds is 8. The monoisotopic (exact) mass is 389 g/mol. The number of carboxylic acids is 1. The molecule has 1 heterocycles. The maximum Gasteiger partial charge on any atom is 0.573 e. The number of halogens is 3. The van der Waals surface area contributed by atoms with Crippen LogP contribution in [0.5, 0.6) is 5.75 Å². The van der Waals surface area contributed by atoms with Crippen molar-refractivity contribution in [3.05, 3.63) is 29.8 Å². The number of carbonyl (C=O) groups excluding carboxylic acids is 1. The first-order chi connectivity index (χ1) is 12.8. The maximum atomic E-state index is 12.7. The first kappa shape index (κ1) is 21.0. The van der Waals surface area contributed by atoms with E-state index < -0.39 is 12.3 Å². The summed E-state index contributed by atoms with van der Waals surface area (Å²) in [5, 5.41) is 8.91. The van der Waals surface area contributed by atoms with Crippen LogP contribution < -0.4 is 4.74 Å². The third kappa shape index (κ3) is 7.09. The highest BCUT2D eigenvalue weighted by atomic mass is 19.4. The van der Waals surface area contributed by atoms with Crippen LogP contribution in [0.3, 0.4) is 0 Å². The molecule has 1 aliphatic rings. The molecule has 2 rings (SSSR count). The molecule has 150 valence electrons. The molecule has 1 saturated heterocycles. The fourth-order valence-electron chi connectivity index (χ4n) is 3.04. The number of para-hydroxylation sites is 1. The number of hydrogen-bond donors (Lipinski definition) is 1. The molecule has 1 aromatic carbocycles. The summed E-state index contributed by atoms with van der Waals surface area (Å²) in [7, 11) is 0. The lowest BCUT2D eigenvalue weighted by Crippen LogP contribution is -2.44. The summed E-state index contributed by atoms with van der Waals surface area (Å²) in [6, 6.07) is 5.56. The molecule has 1 N–H and O–H groups in total. The van der Waals surface area contributed by atoms with E-state index in [-0.39, 0.29) is 49.1 Å². The molecule has 0 aliphatic carbocycles. The summed E-state index contributed by atoms with van der Waals surface area (Å²) in [5.74, 6) is -1.63. The normalized spacial score (nSPS) is 15.4. The fraction of sp³-hybridized carbons (Fsp3) is 0.556. The molecule has 0 saturated carbocycles. The number of benzene rings is 1. The molecule has 0 atom stereocenters. The Morgan fingerprint density at radius 3 is 2.48 bits per heavy atom. The predicted octanol–water partition coefficient (Wildman–Crippen LogP) is 3.00. The molecule has 1 amide bonds. The summed E-state index contributed by atoms with van der Waals surface area (Å²) in [5.41, 5.74) is 0.272. The van der Waals surface area contributed by atoms with Gasteiger partial charge < -0.3 is 19.5 Å². The number of amides is 1. The molecule has 0 aromatic heterocycles. The average Bonchev–Trinajstić information content (AvgIpc) is 2.60. The largest absolute Gasteiger partial charge is 0.573 e. The fourth-order valence-corrected chi connectivity index (χ4v) is 3.04. The second-order valence-corrected chi connectivity index (χ2v) is 6.23. The zero-order chi connectivity index (χ0) is 19.9.